The van der Waals surface area contributed by atoms with Crippen molar-refractivity contribution in [3.8, 4) is 5.75 Å². The third-order valence-corrected chi connectivity index (χ3v) is 3.16. The van der Waals surface area contributed by atoms with E-state index in [1.807, 2.05) is 10.8 Å². The maximum absolute atomic E-state index is 14.2. The van der Waals surface area contributed by atoms with Crippen molar-refractivity contribution in [2.75, 3.05) is 7.11 Å². The molecule has 0 radical (unpaired) electrons. The highest BCUT2D eigenvalue weighted by Crippen LogP contribution is 2.31. The minimum absolute atomic E-state index is 0.362. The molecule has 3 N–H and O–H groups in total. The zero-order valence-corrected chi connectivity index (χ0v) is 11.6. The molecule has 0 spiro atoms. The minimum atomic E-state index is -0.562. The number of hydrazine groups is 1. The Morgan fingerprint density at radius 2 is 2.30 bits per heavy atom. The van der Waals surface area contributed by atoms with Crippen LogP contribution in [0, 0.1) is 5.82 Å². The fourth-order valence-corrected chi connectivity index (χ4v) is 2.27. The number of aromatic nitrogens is 2. The number of benzene rings is 1. The molecule has 0 amide bonds. The zero-order chi connectivity index (χ0) is 14.5. The molecule has 2 aromatic rings. The summed E-state index contributed by atoms with van der Waals surface area (Å²) in [6, 6.07) is 4.13. The van der Waals surface area contributed by atoms with Crippen LogP contribution in [0.3, 0.4) is 0 Å². The Morgan fingerprint density at radius 3 is 2.95 bits per heavy atom. The van der Waals surface area contributed by atoms with Crippen LogP contribution in [0.15, 0.2) is 30.6 Å². The average Bonchev–Trinajstić information content (AvgIpc) is 2.90. The van der Waals surface area contributed by atoms with Crippen molar-refractivity contribution in [1.82, 2.24) is 15.0 Å². The minimum Gasteiger partial charge on any atom is -0.496 e. The molecule has 0 aliphatic carbocycles. The highest BCUT2D eigenvalue weighted by atomic mass is 19.1. The molecule has 5 nitrogen and oxygen atoms in total. The normalized spacial score (nSPS) is 12.4. The van der Waals surface area contributed by atoms with Crippen molar-refractivity contribution in [2.24, 2.45) is 5.84 Å². The van der Waals surface area contributed by atoms with E-state index in [4.69, 9.17) is 10.6 Å². The zero-order valence-electron chi connectivity index (χ0n) is 11.6. The molecule has 1 heterocycles. The van der Waals surface area contributed by atoms with Gasteiger partial charge in [-0.1, -0.05) is 13.0 Å². The van der Waals surface area contributed by atoms with Gasteiger partial charge in [0.25, 0.3) is 0 Å². The Kier molecular flexibility index (Phi) is 4.70. The van der Waals surface area contributed by atoms with Crippen molar-refractivity contribution >= 4 is 0 Å². The highest BCUT2D eigenvalue weighted by molar-refractivity contribution is 5.40. The summed E-state index contributed by atoms with van der Waals surface area (Å²) in [6.07, 6.45) is 4.49. The Bertz CT molecular complexity index is 570. The Hall–Kier alpha value is -1.92. The summed E-state index contributed by atoms with van der Waals surface area (Å²) in [4.78, 5) is 4.30. The molecule has 0 saturated heterocycles. The van der Waals surface area contributed by atoms with Crippen LogP contribution < -0.4 is 16.0 Å². The number of halogens is 1. The van der Waals surface area contributed by atoms with E-state index < -0.39 is 6.04 Å². The molecule has 1 aromatic carbocycles. The first-order valence-corrected chi connectivity index (χ1v) is 6.52. The SMILES string of the molecule is CCCn1ccnc1C(NN)c1c(F)cccc1OC. The fraction of sp³-hybridized carbons (Fsp3) is 0.357. The molecule has 0 aliphatic heterocycles. The predicted molar refractivity (Wildman–Crippen MR) is 74.6 cm³/mol. The number of hydrogen-bond donors (Lipinski definition) is 2. The summed E-state index contributed by atoms with van der Waals surface area (Å²) < 4.78 is 21.4. The van der Waals surface area contributed by atoms with Gasteiger partial charge in [0.2, 0.25) is 0 Å². The number of methoxy groups -OCH3 is 1. The van der Waals surface area contributed by atoms with Gasteiger partial charge in [0.15, 0.2) is 0 Å². The van der Waals surface area contributed by atoms with Crippen molar-refractivity contribution in [3.05, 3.63) is 47.8 Å². The highest BCUT2D eigenvalue weighted by Gasteiger charge is 2.24. The molecule has 6 heteroatoms. The molecule has 1 unspecified atom stereocenters. The Morgan fingerprint density at radius 1 is 1.50 bits per heavy atom. The van der Waals surface area contributed by atoms with Gasteiger partial charge in [0.1, 0.15) is 23.4 Å². The average molecular weight is 278 g/mol. The molecule has 0 saturated carbocycles. The van der Waals surface area contributed by atoms with E-state index in [2.05, 4.69) is 17.3 Å². The first-order chi connectivity index (χ1) is 9.72. The van der Waals surface area contributed by atoms with Gasteiger partial charge in [0.05, 0.1) is 12.7 Å². The first kappa shape index (κ1) is 14.5. The van der Waals surface area contributed by atoms with Crippen LogP contribution in [0.25, 0.3) is 0 Å². The lowest BCUT2D eigenvalue weighted by atomic mass is 10.0. The Labute approximate surface area is 117 Å². The number of aryl methyl sites for hydroxylation is 1. The maximum Gasteiger partial charge on any atom is 0.132 e. The third-order valence-electron chi connectivity index (χ3n) is 3.16. The summed E-state index contributed by atoms with van der Waals surface area (Å²) >= 11 is 0. The number of hydrogen-bond acceptors (Lipinski definition) is 4. The molecule has 0 fully saturated rings. The van der Waals surface area contributed by atoms with Crippen LogP contribution in [-0.2, 0) is 6.54 Å². The van der Waals surface area contributed by atoms with Crippen molar-refractivity contribution < 1.29 is 9.13 Å². The summed E-state index contributed by atoms with van der Waals surface area (Å²) in [7, 11) is 1.50. The van der Waals surface area contributed by atoms with Crippen LogP contribution in [0.4, 0.5) is 4.39 Å². The molecular weight excluding hydrogens is 259 g/mol. The quantitative estimate of drug-likeness (QED) is 0.626. The first-order valence-electron chi connectivity index (χ1n) is 6.52. The molecule has 2 rings (SSSR count). The number of ether oxygens (including phenoxy) is 1. The number of nitrogens with one attached hydrogen (secondary N) is 1. The van der Waals surface area contributed by atoms with Gasteiger partial charge in [0, 0.05) is 18.9 Å². The van der Waals surface area contributed by atoms with E-state index in [0.29, 0.717) is 17.1 Å². The van der Waals surface area contributed by atoms with Gasteiger partial charge in [-0.15, -0.1) is 0 Å². The van der Waals surface area contributed by atoms with Crippen molar-refractivity contribution in [3.63, 3.8) is 0 Å². The van der Waals surface area contributed by atoms with Gasteiger partial charge in [-0.3, -0.25) is 5.84 Å². The van der Waals surface area contributed by atoms with Crippen LogP contribution in [0.5, 0.6) is 5.75 Å². The number of rotatable bonds is 6. The van der Waals surface area contributed by atoms with Gasteiger partial charge in [-0.2, -0.15) is 0 Å². The van der Waals surface area contributed by atoms with Gasteiger partial charge in [-0.05, 0) is 18.6 Å². The lowest BCUT2D eigenvalue weighted by Gasteiger charge is -2.20. The van der Waals surface area contributed by atoms with E-state index in [1.165, 1.54) is 13.2 Å². The monoisotopic (exact) mass is 278 g/mol. The second-order valence-corrected chi connectivity index (χ2v) is 4.43. The van der Waals surface area contributed by atoms with Crippen molar-refractivity contribution in [1.29, 1.82) is 0 Å². The van der Waals surface area contributed by atoms with Crippen LogP contribution in [0.1, 0.15) is 30.8 Å². The van der Waals surface area contributed by atoms with Gasteiger partial charge >= 0.3 is 0 Å². The number of imidazole rings is 1. The molecule has 1 aromatic heterocycles. The second-order valence-electron chi connectivity index (χ2n) is 4.43. The largest absolute Gasteiger partial charge is 0.496 e. The standard InChI is InChI=1S/C14H19FN4O/c1-3-8-19-9-7-17-14(19)13(18-16)12-10(15)5-4-6-11(12)20-2/h4-7,9,13,18H,3,8,16H2,1-2H3. The maximum atomic E-state index is 14.2. The topological polar surface area (TPSA) is 65.1 Å². The van der Waals surface area contributed by atoms with E-state index in [-0.39, 0.29) is 5.82 Å². The Balaban J connectivity index is 2.50. The number of nitrogens with two attached hydrogens (primary N) is 1. The van der Waals surface area contributed by atoms with Crippen LogP contribution in [0.2, 0.25) is 0 Å². The summed E-state index contributed by atoms with van der Waals surface area (Å²) in [5, 5.41) is 0. The molecule has 20 heavy (non-hydrogen) atoms. The number of nitrogens with zero attached hydrogens (tertiary/aromatic N) is 2. The summed E-state index contributed by atoms with van der Waals surface area (Å²) in [5.41, 5.74) is 2.99. The van der Waals surface area contributed by atoms with E-state index >= 15 is 0 Å². The molecule has 0 aliphatic rings. The lowest BCUT2D eigenvalue weighted by Crippen LogP contribution is -2.32. The lowest BCUT2D eigenvalue weighted by molar-refractivity contribution is 0.393. The molecule has 108 valence electrons. The van der Waals surface area contributed by atoms with E-state index in [0.717, 1.165) is 13.0 Å². The second kappa shape index (κ2) is 6.49. The van der Waals surface area contributed by atoms with E-state index in [1.54, 1.807) is 18.3 Å². The predicted octanol–water partition coefficient (Wildman–Crippen LogP) is 1.99. The summed E-state index contributed by atoms with van der Waals surface area (Å²) in [5.74, 6) is 6.36. The molecule has 1 atom stereocenters. The fourth-order valence-electron chi connectivity index (χ4n) is 2.27. The van der Waals surface area contributed by atoms with Crippen LogP contribution >= 0.6 is 0 Å². The smallest absolute Gasteiger partial charge is 0.132 e. The van der Waals surface area contributed by atoms with Gasteiger partial charge in [-0.25, -0.2) is 14.8 Å². The van der Waals surface area contributed by atoms with Crippen molar-refractivity contribution in [2.45, 2.75) is 25.9 Å². The van der Waals surface area contributed by atoms with Gasteiger partial charge < -0.3 is 9.30 Å². The summed E-state index contributed by atoms with van der Waals surface area (Å²) in [6.45, 7) is 2.86. The van der Waals surface area contributed by atoms with E-state index in [9.17, 15) is 4.39 Å². The third kappa shape index (κ3) is 2.66. The van der Waals surface area contributed by atoms with Crippen LogP contribution in [-0.4, -0.2) is 16.7 Å². The molecule has 0 bridgehead atoms. The molecular formula is C14H19FN4O.